The molecule has 8 heteroatoms. The quantitative estimate of drug-likeness (QED) is 0.238. The van der Waals surface area contributed by atoms with Gasteiger partial charge < -0.3 is 15.5 Å². The Hall–Kier alpha value is -1.57. The van der Waals surface area contributed by atoms with E-state index in [9.17, 15) is 19.2 Å². The van der Waals surface area contributed by atoms with E-state index in [2.05, 4.69) is 17.9 Å². The van der Waals surface area contributed by atoms with Crippen LogP contribution in [0.2, 0.25) is 0 Å². The molecule has 0 aromatic heterocycles. The smallest absolute Gasteiger partial charge is 0.306 e. The van der Waals surface area contributed by atoms with E-state index in [0.29, 0.717) is 25.1 Å². The number of Topliss-reactive ketones (excluding diaryl/α,β-unsaturated/α-hetero) is 1. The first-order chi connectivity index (χ1) is 12.3. The lowest BCUT2D eigenvalue weighted by Gasteiger charge is -2.10. The van der Waals surface area contributed by atoms with Crippen LogP contribution in [0.25, 0.3) is 0 Å². The number of hydrogen-bond donors (Lipinski definition) is 4. The molecule has 7 nitrogen and oxygen atoms in total. The molecular weight excluding hydrogens is 358 g/mol. The fourth-order valence-corrected chi connectivity index (χ4v) is 2.60. The van der Waals surface area contributed by atoms with Crippen LogP contribution in [0.1, 0.15) is 64.7 Å². The van der Waals surface area contributed by atoms with Crippen LogP contribution < -0.4 is 5.32 Å². The first kappa shape index (κ1) is 24.4. The van der Waals surface area contributed by atoms with Crippen molar-refractivity contribution in [3.8, 4) is 0 Å². The molecule has 0 rings (SSSR count). The van der Waals surface area contributed by atoms with E-state index < -0.39 is 17.9 Å². The molecule has 0 saturated carbocycles. The number of aliphatic carboxylic acids is 2. The highest BCUT2D eigenvalue weighted by atomic mass is 32.1. The zero-order valence-electron chi connectivity index (χ0n) is 15.4. The van der Waals surface area contributed by atoms with E-state index in [-0.39, 0.29) is 36.9 Å². The maximum absolute atomic E-state index is 11.8. The van der Waals surface area contributed by atoms with Gasteiger partial charge in [-0.05, 0) is 19.3 Å². The molecule has 0 aromatic rings. The van der Waals surface area contributed by atoms with E-state index in [4.69, 9.17) is 10.2 Å². The molecule has 0 fully saturated rings. The molecule has 150 valence electrons. The second kappa shape index (κ2) is 14.6. The largest absolute Gasteiger partial charge is 0.481 e. The Labute approximate surface area is 160 Å². The third-order valence-electron chi connectivity index (χ3n) is 4.18. The van der Waals surface area contributed by atoms with Crippen LogP contribution in [-0.2, 0) is 19.2 Å². The summed E-state index contributed by atoms with van der Waals surface area (Å²) in [5.74, 6) is -2.76. The minimum absolute atomic E-state index is 0.0153. The number of nitrogens with one attached hydrogen (secondary N) is 1. The van der Waals surface area contributed by atoms with E-state index in [1.807, 2.05) is 6.92 Å². The summed E-state index contributed by atoms with van der Waals surface area (Å²) >= 11 is 4.08. The third-order valence-corrected chi connectivity index (χ3v) is 4.73. The van der Waals surface area contributed by atoms with Gasteiger partial charge in [-0.1, -0.05) is 26.2 Å². The van der Waals surface area contributed by atoms with Crippen molar-refractivity contribution in [2.45, 2.75) is 64.7 Å². The van der Waals surface area contributed by atoms with Gasteiger partial charge in [0.15, 0.2) is 0 Å². The summed E-state index contributed by atoms with van der Waals surface area (Å²) in [6, 6.07) is 0. The Morgan fingerprint density at radius 1 is 0.962 bits per heavy atom. The Bertz CT molecular complexity index is 469. The highest BCUT2D eigenvalue weighted by Crippen LogP contribution is 2.15. The van der Waals surface area contributed by atoms with Crippen LogP contribution in [0.5, 0.6) is 0 Å². The summed E-state index contributed by atoms with van der Waals surface area (Å²) in [5.41, 5.74) is 0. The van der Waals surface area contributed by atoms with E-state index in [1.165, 1.54) is 0 Å². The third kappa shape index (κ3) is 12.7. The Kier molecular flexibility index (Phi) is 13.7. The van der Waals surface area contributed by atoms with Crippen LogP contribution in [0.3, 0.4) is 0 Å². The molecule has 0 aromatic carbocycles. The molecule has 0 heterocycles. The molecule has 0 radical (unpaired) electrons. The average molecular weight is 390 g/mol. The summed E-state index contributed by atoms with van der Waals surface area (Å²) in [7, 11) is 0. The van der Waals surface area contributed by atoms with Crippen molar-refractivity contribution < 1.29 is 29.4 Å². The van der Waals surface area contributed by atoms with Gasteiger partial charge in [0.25, 0.3) is 0 Å². The van der Waals surface area contributed by atoms with Crippen molar-refractivity contribution in [2.75, 3.05) is 12.3 Å². The Morgan fingerprint density at radius 2 is 1.58 bits per heavy atom. The number of carbonyl (C=O) groups is 4. The van der Waals surface area contributed by atoms with Gasteiger partial charge >= 0.3 is 11.9 Å². The number of carboxylic acids is 2. The summed E-state index contributed by atoms with van der Waals surface area (Å²) in [6.45, 7) is 2.47. The van der Waals surface area contributed by atoms with Crippen molar-refractivity contribution in [1.82, 2.24) is 5.32 Å². The number of carbonyl (C=O) groups excluding carboxylic acids is 2. The van der Waals surface area contributed by atoms with E-state index >= 15 is 0 Å². The second-order valence-corrected chi connectivity index (χ2v) is 6.97. The molecule has 3 N–H and O–H groups in total. The zero-order valence-corrected chi connectivity index (χ0v) is 16.3. The number of ketones is 1. The van der Waals surface area contributed by atoms with Crippen molar-refractivity contribution in [3.05, 3.63) is 0 Å². The molecule has 1 amide bonds. The highest BCUT2D eigenvalue weighted by Gasteiger charge is 2.21. The lowest BCUT2D eigenvalue weighted by atomic mass is 9.95. The summed E-state index contributed by atoms with van der Waals surface area (Å²) in [5, 5.41) is 20.5. The number of unbranched alkanes of at least 4 members (excludes halogenated alkanes) is 4. The maximum Gasteiger partial charge on any atom is 0.306 e. The topological polar surface area (TPSA) is 121 Å². The number of hydrogen-bond acceptors (Lipinski definition) is 5. The lowest BCUT2D eigenvalue weighted by molar-refractivity contribution is -0.145. The van der Waals surface area contributed by atoms with E-state index in [1.54, 1.807) is 0 Å². The van der Waals surface area contributed by atoms with Gasteiger partial charge in [0.05, 0.1) is 5.92 Å². The molecule has 0 aliphatic rings. The van der Waals surface area contributed by atoms with Crippen LogP contribution in [-0.4, -0.2) is 46.1 Å². The molecule has 26 heavy (non-hydrogen) atoms. The van der Waals surface area contributed by atoms with E-state index in [0.717, 1.165) is 25.7 Å². The zero-order chi connectivity index (χ0) is 19.9. The van der Waals surface area contributed by atoms with Crippen molar-refractivity contribution in [2.24, 2.45) is 11.8 Å². The van der Waals surface area contributed by atoms with Crippen molar-refractivity contribution in [3.63, 3.8) is 0 Å². The molecular formula is C18H31NO6S. The predicted molar refractivity (Wildman–Crippen MR) is 101 cm³/mol. The van der Waals surface area contributed by atoms with Gasteiger partial charge in [0.2, 0.25) is 5.91 Å². The lowest BCUT2D eigenvalue weighted by Crippen LogP contribution is -2.30. The molecule has 0 bridgehead atoms. The van der Waals surface area contributed by atoms with Gasteiger partial charge in [-0.25, -0.2) is 0 Å². The predicted octanol–water partition coefficient (Wildman–Crippen LogP) is 2.53. The van der Waals surface area contributed by atoms with Crippen LogP contribution in [0.15, 0.2) is 0 Å². The number of amides is 1. The highest BCUT2D eigenvalue weighted by molar-refractivity contribution is 7.80. The average Bonchev–Trinajstić information content (AvgIpc) is 2.59. The maximum atomic E-state index is 11.8. The van der Waals surface area contributed by atoms with Gasteiger partial charge in [0, 0.05) is 37.5 Å². The van der Waals surface area contributed by atoms with Crippen molar-refractivity contribution >= 4 is 36.3 Å². The van der Waals surface area contributed by atoms with Crippen LogP contribution >= 0.6 is 12.6 Å². The van der Waals surface area contributed by atoms with Gasteiger partial charge in [-0.3, -0.25) is 19.2 Å². The fraction of sp³-hybridized carbons (Fsp3) is 0.778. The summed E-state index contributed by atoms with van der Waals surface area (Å²) in [4.78, 5) is 44.9. The minimum atomic E-state index is -1.12. The Morgan fingerprint density at radius 3 is 2.15 bits per heavy atom. The van der Waals surface area contributed by atoms with Crippen LogP contribution in [0.4, 0.5) is 0 Å². The molecule has 0 aliphatic heterocycles. The first-order valence-corrected chi connectivity index (χ1v) is 9.76. The summed E-state index contributed by atoms with van der Waals surface area (Å²) in [6.07, 6.45) is 4.33. The first-order valence-electron chi connectivity index (χ1n) is 9.12. The summed E-state index contributed by atoms with van der Waals surface area (Å²) < 4.78 is 0. The Balaban J connectivity index is 3.74. The number of carboxylic acid groups (broad SMARTS) is 2. The van der Waals surface area contributed by atoms with Crippen molar-refractivity contribution in [1.29, 1.82) is 0 Å². The van der Waals surface area contributed by atoms with Gasteiger partial charge in [0.1, 0.15) is 5.78 Å². The normalized spacial score (nSPS) is 13.0. The van der Waals surface area contributed by atoms with Crippen LogP contribution in [0, 0.1) is 11.8 Å². The van der Waals surface area contributed by atoms with Gasteiger partial charge in [-0.15, -0.1) is 0 Å². The number of rotatable bonds is 16. The molecule has 0 aliphatic carbocycles. The molecule has 0 spiro atoms. The standard InChI is InChI=1S/C18H31NO6S/c1-13(12-26)17(23)19-10-6-4-2-3-5-7-15(20)11-14(18(24)25)8-9-16(21)22/h13-14,26H,2-12H2,1H3,(H,19,23)(H,21,22)(H,24,25). The minimum Gasteiger partial charge on any atom is -0.481 e. The number of thiol groups is 1. The molecule has 2 atom stereocenters. The SMILES string of the molecule is CC(CS)C(=O)NCCCCCCCC(=O)CC(CCC(=O)O)C(=O)O. The molecule has 0 saturated heterocycles. The fourth-order valence-electron chi connectivity index (χ4n) is 2.43. The second-order valence-electron chi connectivity index (χ2n) is 6.60. The molecule has 2 unspecified atom stereocenters. The van der Waals surface area contributed by atoms with Gasteiger partial charge in [-0.2, -0.15) is 12.6 Å². The monoisotopic (exact) mass is 389 g/mol.